The molecule has 0 aromatic rings. The van der Waals surface area contributed by atoms with Crippen molar-refractivity contribution in [1.29, 1.82) is 0 Å². The summed E-state index contributed by atoms with van der Waals surface area (Å²) < 4.78 is 36.8. The molecule has 0 radical (unpaired) electrons. The van der Waals surface area contributed by atoms with E-state index in [-0.39, 0.29) is 12.1 Å². The number of aliphatic hydroxyl groups is 1. The van der Waals surface area contributed by atoms with Crippen molar-refractivity contribution in [3.63, 3.8) is 0 Å². The first-order valence-corrected chi connectivity index (χ1v) is 7.09. The normalized spacial score (nSPS) is 21.9. The topological polar surface area (TPSA) is 38.7 Å². The molecular weight excluding hydrogens is 271 g/mol. The van der Waals surface area contributed by atoms with Crippen molar-refractivity contribution in [3.05, 3.63) is 0 Å². The third-order valence-corrected chi connectivity index (χ3v) is 4.02. The van der Waals surface area contributed by atoms with Gasteiger partial charge in [0.25, 0.3) is 0 Å². The Morgan fingerprint density at radius 2 is 1.65 bits per heavy atom. The van der Waals surface area contributed by atoms with E-state index in [1.165, 1.54) is 4.90 Å². The van der Waals surface area contributed by atoms with Crippen LogP contribution in [0.4, 0.5) is 13.2 Å². The number of nitrogens with one attached hydrogen (secondary N) is 1. The van der Waals surface area contributed by atoms with Crippen LogP contribution in [0, 0.1) is 0 Å². The van der Waals surface area contributed by atoms with Gasteiger partial charge in [-0.1, -0.05) is 0 Å². The molecule has 0 saturated carbocycles. The summed E-state index contributed by atoms with van der Waals surface area (Å²) in [7, 11) is 1.83. The van der Waals surface area contributed by atoms with Crippen LogP contribution >= 0.6 is 0 Å². The smallest absolute Gasteiger partial charge is 0.394 e. The van der Waals surface area contributed by atoms with Crippen LogP contribution in [-0.4, -0.2) is 79.5 Å². The van der Waals surface area contributed by atoms with Crippen LogP contribution in [0.5, 0.6) is 0 Å². The predicted molar refractivity (Wildman–Crippen MR) is 72.7 cm³/mol. The van der Waals surface area contributed by atoms with Gasteiger partial charge in [-0.3, -0.25) is 4.90 Å². The minimum atomic E-state index is -4.10. The average Bonchev–Trinajstić information content (AvgIpc) is 2.39. The Bertz CT molecular complexity index is 275. The van der Waals surface area contributed by atoms with Gasteiger partial charge in [0.1, 0.15) is 0 Å². The van der Waals surface area contributed by atoms with Crippen molar-refractivity contribution in [1.82, 2.24) is 15.1 Å². The van der Waals surface area contributed by atoms with Gasteiger partial charge in [0.15, 0.2) is 0 Å². The van der Waals surface area contributed by atoms with Crippen LogP contribution in [0.25, 0.3) is 0 Å². The second kappa shape index (κ2) is 7.59. The number of piperazine rings is 1. The van der Waals surface area contributed by atoms with Crippen LogP contribution in [0.3, 0.4) is 0 Å². The second-order valence-corrected chi connectivity index (χ2v) is 5.81. The zero-order valence-corrected chi connectivity index (χ0v) is 12.3. The van der Waals surface area contributed by atoms with E-state index in [9.17, 15) is 18.3 Å². The number of nitrogens with zero attached hydrogens (tertiary/aromatic N) is 2. The van der Waals surface area contributed by atoms with E-state index in [4.69, 9.17) is 0 Å². The molecule has 0 spiro atoms. The highest BCUT2D eigenvalue weighted by Gasteiger charge is 2.32. The van der Waals surface area contributed by atoms with Crippen molar-refractivity contribution in [2.75, 3.05) is 52.9 Å². The Morgan fingerprint density at radius 3 is 2.10 bits per heavy atom. The van der Waals surface area contributed by atoms with Crippen LogP contribution in [0.1, 0.15) is 19.8 Å². The quantitative estimate of drug-likeness (QED) is 0.733. The molecule has 1 saturated heterocycles. The van der Waals surface area contributed by atoms with Gasteiger partial charge in [0, 0.05) is 31.7 Å². The predicted octanol–water partition coefficient (Wildman–Crippen LogP) is 0.917. The first-order valence-electron chi connectivity index (χ1n) is 7.09. The lowest BCUT2D eigenvalue weighted by Crippen LogP contribution is -2.49. The number of alkyl halides is 3. The number of aliphatic hydroxyl groups excluding tert-OH is 1. The highest BCUT2D eigenvalue weighted by Crippen LogP contribution is 2.18. The minimum Gasteiger partial charge on any atom is -0.394 e. The number of hydrogen-bond acceptors (Lipinski definition) is 4. The molecule has 1 atom stereocenters. The maximum atomic E-state index is 12.3. The number of hydrogen-bond donors (Lipinski definition) is 2. The Balaban J connectivity index is 2.20. The zero-order chi connectivity index (χ0) is 15.2. The molecule has 0 amide bonds. The molecule has 120 valence electrons. The average molecular weight is 297 g/mol. The Kier molecular flexibility index (Phi) is 6.71. The highest BCUT2D eigenvalue weighted by molar-refractivity contribution is 4.81. The van der Waals surface area contributed by atoms with Crippen LogP contribution < -0.4 is 5.32 Å². The van der Waals surface area contributed by atoms with Gasteiger partial charge in [-0.25, -0.2) is 0 Å². The van der Waals surface area contributed by atoms with Gasteiger partial charge in [-0.2, -0.15) is 13.2 Å². The second-order valence-electron chi connectivity index (χ2n) is 5.81. The van der Waals surface area contributed by atoms with Gasteiger partial charge < -0.3 is 15.3 Å². The molecule has 4 nitrogen and oxygen atoms in total. The van der Waals surface area contributed by atoms with E-state index < -0.39 is 12.7 Å². The van der Waals surface area contributed by atoms with Gasteiger partial charge in [-0.15, -0.1) is 0 Å². The molecule has 0 aromatic heterocycles. The summed E-state index contributed by atoms with van der Waals surface area (Å²) in [6, 6.07) is 0. The molecule has 1 aliphatic heterocycles. The summed E-state index contributed by atoms with van der Waals surface area (Å²) in [5.41, 5.74) is -0.266. The first kappa shape index (κ1) is 17.7. The van der Waals surface area contributed by atoms with Crippen LogP contribution in [0.15, 0.2) is 0 Å². The van der Waals surface area contributed by atoms with Crippen molar-refractivity contribution < 1.29 is 18.3 Å². The third kappa shape index (κ3) is 6.39. The monoisotopic (exact) mass is 297 g/mol. The molecule has 0 aromatic carbocycles. The highest BCUT2D eigenvalue weighted by atomic mass is 19.4. The SMILES string of the molecule is CNC(C)(CO)CCCN1CCN(CC(F)(F)F)CC1. The maximum absolute atomic E-state index is 12.3. The van der Waals surface area contributed by atoms with E-state index in [2.05, 4.69) is 10.2 Å². The number of halogens is 3. The van der Waals surface area contributed by atoms with E-state index in [0.29, 0.717) is 26.2 Å². The van der Waals surface area contributed by atoms with E-state index in [1.807, 2.05) is 14.0 Å². The van der Waals surface area contributed by atoms with Crippen molar-refractivity contribution in [2.24, 2.45) is 0 Å². The first-order chi connectivity index (χ1) is 9.28. The fourth-order valence-electron chi connectivity index (χ4n) is 2.40. The third-order valence-electron chi connectivity index (χ3n) is 4.02. The van der Waals surface area contributed by atoms with Gasteiger partial charge in [0.2, 0.25) is 0 Å². The number of rotatable bonds is 7. The Hall–Kier alpha value is -0.370. The molecule has 7 heteroatoms. The summed E-state index contributed by atoms with van der Waals surface area (Å²) in [6.07, 6.45) is -2.32. The summed E-state index contributed by atoms with van der Waals surface area (Å²) in [5.74, 6) is 0. The standard InChI is InChI=1S/C13H26F3N3O/c1-12(11-20,17-2)4-3-5-18-6-8-19(9-7-18)10-13(14,15)16/h17,20H,3-11H2,1-2H3. The minimum absolute atomic E-state index is 0.0862. The lowest BCUT2D eigenvalue weighted by Gasteiger charge is -2.35. The summed E-state index contributed by atoms with van der Waals surface area (Å²) in [4.78, 5) is 3.66. The largest absolute Gasteiger partial charge is 0.401 e. The molecule has 20 heavy (non-hydrogen) atoms. The van der Waals surface area contributed by atoms with Gasteiger partial charge in [-0.05, 0) is 33.4 Å². The molecule has 1 aliphatic rings. The molecule has 0 bridgehead atoms. The van der Waals surface area contributed by atoms with Crippen molar-refractivity contribution in [3.8, 4) is 0 Å². The fraction of sp³-hybridized carbons (Fsp3) is 1.00. The molecule has 1 unspecified atom stereocenters. The summed E-state index contributed by atoms with van der Waals surface area (Å²) in [5, 5.41) is 12.4. The molecule has 1 heterocycles. The zero-order valence-electron chi connectivity index (χ0n) is 12.3. The molecule has 1 rings (SSSR count). The fourth-order valence-corrected chi connectivity index (χ4v) is 2.40. The molecule has 0 aliphatic carbocycles. The van der Waals surface area contributed by atoms with Gasteiger partial charge in [0.05, 0.1) is 13.2 Å². The van der Waals surface area contributed by atoms with E-state index >= 15 is 0 Å². The van der Waals surface area contributed by atoms with E-state index in [0.717, 1.165) is 19.4 Å². The molecular formula is C13H26F3N3O. The Morgan fingerprint density at radius 1 is 1.10 bits per heavy atom. The maximum Gasteiger partial charge on any atom is 0.401 e. The molecule has 1 fully saturated rings. The molecule has 2 N–H and O–H groups in total. The Labute approximate surface area is 118 Å². The van der Waals surface area contributed by atoms with Crippen LogP contribution in [-0.2, 0) is 0 Å². The van der Waals surface area contributed by atoms with Crippen LogP contribution in [0.2, 0.25) is 0 Å². The lowest BCUT2D eigenvalue weighted by molar-refractivity contribution is -0.149. The number of likely N-dealkylation sites (N-methyl/N-ethyl adjacent to an activating group) is 1. The lowest BCUT2D eigenvalue weighted by atomic mass is 9.97. The van der Waals surface area contributed by atoms with E-state index in [1.54, 1.807) is 0 Å². The summed E-state index contributed by atoms with van der Waals surface area (Å²) >= 11 is 0. The van der Waals surface area contributed by atoms with Crippen molar-refractivity contribution in [2.45, 2.75) is 31.5 Å². The van der Waals surface area contributed by atoms with Crippen molar-refractivity contribution >= 4 is 0 Å². The van der Waals surface area contributed by atoms with Gasteiger partial charge >= 0.3 is 6.18 Å². The summed E-state index contributed by atoms with van der Waals surface area (Å²) in [6.45, 7) is 4.44.